The van der Waals surface area contributed by atoms with Gasteiger partial charge >= 0.3 is 0 Å². The zero-order chi connectivity index (χ0) is 9.35. The minimum absolute atomic E-state index is 0.0125. The molecule has 0 fully saturated rings. The lowest BCUT2D eigenvalue weighted by atomic mass is 10.7. The summed E-state index contributed by atoms with van der Waals surface area (Å²) in [6.07, 6.45) is 0. The zero-order valence-electron chi connectivity index (χ0n) is 6.16. The predicted octanol–water partition coefficient (Wildman–Crippen LogP) is 1.59. The Balaban J connectivity index is 3.33. The van der Waals surface area contributed by atoms with Crippen molar-refractivity contribution in [1.29, 1.82) is 0 Å². The average Bonchev–Trinajstić information content (AvgIpc) is 2.29. The van der Waals surface area contributed by atoms with E-state index in [1.807, 2.05) is 0 Å². The highest BCUT2D eigenvalue weighted by atomic mass is 79.9. The summed E-state index contributed by atoms with van der Waals surface area (Å²) in [4.78, 5) is 0. The number of hydrogen-bond donors (Lipinski definition) is 0. The van der Waals surface area contributed by atoms with E-state index in [-0.39, 0.29) is 5.03 Å². The number of rotatable bonds is 2. The third-order valence-electron chi connectivity index (χ3n) is 1.26. The van der Waals surface area contributed by atoms with E-state index in [0.717, 1.165) is 0 Å². The van der Waals surface area contributed by atoms with Gasteiger partial charge in [-0.25, -0.2) is 8.42 Å². The fourth-order valence-corrected chi connectivity index (χ4v) is 2.40. The Morgan fingerprint density at radius 3 is 2.67 bits per heavy atom. The van der Waals surface area contributed by atoms with Crippen molar-refractivity contribution < 1.29 is 8.42 Å². The molecule has 0 unspecified atom stereocenters. The average molecular weight is 274 g/mol. The van der Waals surface area contributed by atoms with Gasteiger partial charge in [0.1, 0.15) is 4.60 Å². The SMILES string of the molecule is CCn1nc(Br)cc1S(=O)(=O)Cl. The smallest absolute Gasteiger partial charge is 0.252 e. The maximum atomic E-state index is 10.9. The van der Waals surface area contributed by atoms with Crippen molar-refractivity contribution in [3.8, 4) is 0 Å². The van der Waals surface area contributed by atoms with Gasteiger partial charge in [-0.15, -0.1) is 0 Å². The van der Waals surface area contributed by atoms with E-state index in [4.69, 9.17) is 10.7 Å². The van der Waals surface area contributed by atoms with Gasteiger partial charge in [0, 0.05) is 23.3 Å². The second-order valence-corrected chi connectivity index (χ2v) is 5.38. The quantitative estimate of drug-likeness (QED) is 0.769. The summed E-state index contributed by atoms with van der Waals surface area (Å²) >= 11 is 3.06. The molecule has 1 aromatic rings. The Morgan fingerprint density at radius 1 is 1.75 bits per heavy atom. The number of hydrogen-bond acceptors (Lipinski definition) is 3. The largest absolute Gasteiger partial charge is 0.278 e. The lowest BCUT2D eigenvalue weighted by molar-refractivity contribution is 0.563. The highest BCUT2D eigenvalue weighted by molar-refractivity contribution is 9.10. The zero-order valence-corrected chi connectivity index (χ0v) is 9.32. The maximum Gasteiger partial charge on any atom is 0.278 e. The van der Waals surface area contributed by atoms with Crippen LogP contribution >= 0.6 is 26.6 Å². The first-order valence-corrected chi connectivity index (χ1v) is 6.23. The van der Waals surface area contributed by atoms with E-state index in [2.05, 4.69) is 21.0 Å². The Kier molecular flexibility index (Phi) is 2.80. The van der Waals surface area contributed by atoms with Gasteiger partial charge < -0.3 is 0 Å². The van der Waals surface area contributed by atoms with E-state index < -0.39 is 9.05 Å². The second-order valence-electron chi connectivity index (χ2n) is 2.06. The van der Waals surface area contributed by atoms with Crippen molar-refractivity contribution in [1.82, 2.24) is 9.78 Å². The standard InChI is InChI=1S/C5H6BrClN2O2S/c1-2-9-5(12(7,10)11)3-4(6)8-9/h3H,2H2,1H3. The molecule has 0 N–H and O–H groups in total. The first kappa shape index (κ1) is 10.0. The highest BCUT2D eigenvalue weighted by Gasteiger charge is 2.17. The van der Waals surface area contributed by atoms with Crippen molar-refractivity contribution in [3.63, 3.8) is 0 Å². The molecule has 0 aliphatic carbocycles. The van der Waals surface area contributed by atoms with Crippen molar-refractivity contribution in [3.05, 3.63) is 10.7 Å². The summed E-state index contributed by atoms with van der Waals surface area (Å²) in [5.74, 6) is 0. The van der Waals surface area contributed by atoms with Crippen LogP contribution in [0, 0.1) is 0 Å². The Labute approximate surface area is 83.1 Å². The van der Waals surface area contributed by atoms with Crippen LogP contribution in [0.25, 0.3) is 0 Å². The summed E-state index contributed by atoms with van der Waals surface area (Å²) in [7, 11) is 1.46. The third-order valence-corrected chi connectivity index (χ3v) is 2.95. The molecule has 12 heavy (non-hydrogen) atoms. The monoisotopic (exact) mass is 272 g/mol. The summed E-state index contributed by atoms with van der Waals surface area (Å²) in [6.45, 7) is 2.25. The minimum Gasteiger partial charge on any atom is -0.252 e. The molecule has 0 radical (unpaired) electrons. The summed E-state index contributed by atoms with van der Waals surface area (Å²) in [5, 5.41) is 3.88. The molecule has 7 heteroatoms. The Hall–Kier alpha value is -0.0700. The molecule has 1 rings (SSSR count). The minimum atomic E-state index is -3.68. The molecule has 0 saturated carbocycles. The van der Waals surface area contributed by atoms with Crippen LogP contribution in [-0.4, -0.2) is 18.2 Å². The van der Waals surface area contributed by atoms with Crippen molar-refractivity contribution in [2.75, 3.05) is 0 Å². The van der Waals surface area contributed by atoms with Gasteiger partial charge in [-0.1, -0.05) is 0 Å². The van der Waals surface area contributed by atoms with Crippen LogP contribution in [0.3, 0.4) is 0 Å². The molecule has 0 spiro atoms. The Morgan fingerprint density at radius 2 is 2.33 bits per heavy atom. The fourth-order valence-electron chi connectivity index (χ4n) is 0.793. The normalized spacial score (nSPS) is 11.9. The third kappa shape index (κ3) is 1.99. The molecular formula is C5H6BrClN2O2S. The van der Waals surface area contributed by atoms with E-state index in [1.165, 1.54) is 10.7 Å². The van der Waals surface area contributed by atoms with Gasteiger partial charge in [-0.3, -0.25) is 4.68 Å². The van der Waals surface area contributed by atoms with Gasteiger partial charge in [0.15, 0.2) is 5.03 Å². The molecule has 0 bridgehead atoms. The molecule has 4 nitrogen and oxygen atoms in total. The number of aryl methyl sites for hydroxylation is 1. The number of halogens is 2. The first-order valence-electron chi connectivity index (χ1n) is 3.13. The molecule has 68 valence electrons. The first-order chi connectivity index (χ1) is 5.45. The van der Waals surface area contributed by atoms with Crippen LogP contribution in [0.4, 0.5) is 0 Å². The predicted molar refractivity (Wildman–Crippen MR) is 48.6 cm³/mol. The summed E-state index contributed by atoms with van der Waals surface area (Å²) in [5.41, 5.74) is 0. The highest BCUT2D eigenvalue weighted by Crippen LogP contribution is 2.19. The van der Waals surface area contributed by atoms with Crippen molar-refractivity contribution in [2.45, 2.75) is 18.5 Å². The van der Waals surface area contributed by atoms with Crippen LogP contribution < -0.4 is 0 Å². The topological polar surface area (TPSA) is 52.0 Å². The van der Waals surface area contributed by atoms with Crippen molar-refractivity contribution >= 4 is 35.7 Å². The van der Waals surface area contributed by atoms with Crippen molar-refractivity contribution in [2.24, 2.45) is 0 Å². The van der Waals surface area contributed by atoms with Crippen LogP contribution in [0.5, 0.6) is 0 Å². The van der Waals surface area contributed by atoms with Gasteiger partial charge in [-0.2, -0.15) is 5.10 Å². The molecule has 1 aromatic heterocycles. The van der Waals surface area contributed by atoms with E-state index >= 15 is 0 Å². The lowest BCUT2D eigenvalue weighted by Gasteiger charge is -1.98. The number of aromatic nitrogens is 2. The summed E-state index contributed by atoms with van der Waals surface area (Å²) < 4.78 is 23.6. The van der Waals surface area contributed by atoms with Gasteiger partial charge in [0.25, 0.3) is 9.05 Å². The lowest BCUT2D eigenvalue weighted by Crippen LogP contribution is -2.04. The molecule has 0 amide bonds. The van der Waals surface area contributed by atoms with Gasteiger partial charge in [0.05, 0.1) is 0 Å². The maximum absolute atomic E-state index is 10.9. The van der Waals surface area contributed by atoms with Crippen LogP contribution in [0.15, 0.2) is 15.7 Å². The number of nitrogens with zero attached hydrogens (tertiary/aromatic N) is 2. The fraction of sp³-hybridized carbons (Fsp3) is 0.400. The molecular weight excluding hydrogens is 267 g/mol. The molecule has 1 heterocycles. The van der Waals surface area contributed by atoms with E-state index in [9.17, 15) is 8.42 Å². The molecule has 0 atom stereocenters. The summed E-state index contributed by atoms with van der Waals surface area (Å²) in [6, 6.07) is 1.37. The van der Waals surface area contributed by atoms with Crippen LogP contribution in [-0.2, 0) is 15.6 Å². The second kappa shape index (κ2) is 3.35. The van der Waals surface area contributed by atoms with E-state index in [0.29, 0.717) is 11.1 Å². The Bertz CT molecular complexity index is 386. The van der Waals surface area contributed by atoms with Gasteiger partial charge in [-0.05, 0) is 22.9 Å². The molecule has 0 aromatic carbocycles. The molecule has 0 aliphatic heterocycles. The van der Waals surface area contributed by atoms with E-state index in [1.54, 1.807) is 6.92 Å². The van der Waals surface area contributed by atoms with Gasteiger partial charge in [0.2, 0.25) is 0 Å². The molecule has 0 aliphatic rings. The van der Waals surface area contributed by atoms with Crippen LogP contribution in [0.2, 0.25) is 0 Å². The van der Waals surface area contributed by atoms with Crippen LogP contribution in [0.1, 0.15) is 6.92 Å². The molecule has 0 saturated heterocycles.